The Bertz CT molecular complexity index is 1340. The van der Waals surface area contributed by atoms with E-state index in [9.17, 15) is 9.59 Å². The maximum Gasteiger partial charge on any atom is 0.257 e. The van der Waals surface area contributed by atoms with E-state index >= 15 is 0 Å². The second-order valence-corrected chi connectivity index (χ2v) is 9.22. The molecule has 0 bridgehead atoms. The van der Waals surface area contributed by atoms with Gasteiger partial charge in [0.1, 0.15) is 11.4 Å². The molecule has 0 unspecified atom stereocenters. The van der Waals surface area contributed by atoms with Crippen LogP contribution < -0.4 is 10.1 Å². The zero-order valence-electron chi connectivity index (χ0n) is 20.8. The van der Waals surface area contributed by atoms with E-state index in [4.69, 9.17) is 9.84 Å². The minimum absolute atomic E-state index is 0.00732. The fourth-order valence-electron chi connectivity index (χ4n) is 4.67. The summed E-state index contributed by atoms with van der Waals surface area (Å²) in [6.07, 6.45) is 3.09. The topological polar surface area (TPSA) is 76.5 Å². The predicted octanol–water partition coefficient (Wildman–Crippen LogP) is 5.10. The van der Waals surface area contributed by atoms with E-state index in [2.05, 4.69) is 5.32 Å². The zero-order chi connectivity index (χ0) is 25.6. The molecule has 2 heterocycles. The number of piperidine rings is 1. The Labute approximate surface area is 216 Å². The number of hydrogen-bond donors (Lipinski definition) is 1. The van der Waals surface area contributed by atoms with Crippen LogP contribution in [0.1, 0.15) is 28.8 Å². The first-order valence-corrected chi connectivity index (χ1v) is 12.5. The van der Waals surface area contributed by atoms with Gasteiger partial charge in [-0.05, 0) is 54.8 Å². The first kappa shape index (κ1) is 24.3. The molecule has 7 nitrogen and oxygen atoms in total. The monoisotopic (exact) mass is 494 g/mol. The van der Waals surface area contributed by atoms with Crippen LogP contribution in [0.4, 0.5) is 5.69 Å². The summed E-state index contributed by atoms with van der Waals surface area (Å²) in [7, 11) is 1.63. The van der Waals surface area contributed by atoms with Crippen LogP contribution >= 0.6 is 0 Å². The van der Waals surface area contributed by atoms with Crippen molar-refractivity contribution in [3.05, 3.63) is 102 Å². The van der Waals surface area contributed by atoms with Crippen molar-refractivity contribution in [2.24, 2.45) is 5.92 Å². The normalized spacial score (nSPS) is 13.8. The Morgan fingerprint density at radius 2 is 1.57 bits per heavy atom. The molecule has 1 aromatic heterocycles. The lowest BCUT2D eigenvalue weighted by Gasteiger charge is -2.31. The number of likely N-dealkylation sites (tertiary alicyclic amines) is 1. The molecule has 1 fully saturated rings. The number of nitrogens with one attached hydrogen (secondary N) is 1. The molecular formula is C30H30N4O3. The molecule has 1 aliphatic rings. The third-order valence-electron chi connectivity index (χ3n) is 6.74. The molecule has 5 rings (SSSR count). The molecule has 0 spiro atoms. The number of carbonyl (C=O) groups excluding carboxylic acids is 2. The number of carbonyl (C=O) groups is 2. The molecule has 0 radical (unpaired) electrons. The van der Waals surface area contributed by atoms with Gasteiger partial charge >= 0.3 is 0 Å². The second-order valence-electron chi connectivity index (χ2n) is 9.22. The Morgan fingerprint density at radius 3 is 2.22 bits per heavy atom. The van der Waals surface area contributed by atoms with Gasteiger partial charge in [-0.1, -0.05) is 48.5 Å². The summed E-state index contributed by atoms with van der Waals surface area (Å²) in [6, 6.07) is 27.1. The Morgan fingerprint density at radius 1 is 0.919 bits per heavy atom. The fraction of sp³-hybridized carbons (Fsp3) is 0.233. The van der Waals surface area contributed by atoms with Gasteiger partial charge in [-0.15, -0.1) is 0 Å². The number of hydrogen-bond acceptors (Lipinski definition) is 4. The van der Waals surface area contributed by atoms with Gasteiger partial charge in [-0.3, -0.25) is 14.3 Å². The third kappa shape index (κ3) is 5.72. The minimum Gasteiger partial charge on any atom is -0.497 e. The number of para-hydroxylation sites is 1. The summed E-state index contributed by atoms with van der Waals surface area (Å²) < 4.78 is 7.12. The molecule has 1 N–H and O–H groups in total. The van der Waals surface area contributed by atoms with Gasteiger partial charge in [-0.25, -0.2) is 0 Å². The molecule has 3 aromatic carbocycles. The summed E-state index contributed by atoms with van der Waals surface area (Å²) in [5.74, 6) is 0.572. The van der Waals surface area contributed by atoms with Gasteiger partial charge in [0.2, 0.25) is 5.91 Å². The maximum absolute atomic E-state index is 13.7. The van der Waals surface area contributed by atoms with Gasteiger partial charge in [-0.2, -0.15) is 5.10 Å². The van der Waals surface area contributed by atoms with Crippen molar-refractivity contribution in [2.45, 2.75) is 19.4 Å². The highest BCUT2D eigenvalue weighted by Gasteiger charge is 2.30. The average molecular weight is 495 g/mol. The molecule has 0 aliphatic carbocycles. The molecular weight excluding hydrogens is 464 g/mol. The first-order valence-electron chi connectivity index (χ1n) is 12.5. The van der Waals surface area contributed by atoms with Crippen molar-refractivity contribution in [3.63, 3.8) is 0 Å². The lowest BCUT2D eigenvalue weighted by molar-refractivity contribution is -0.121. The number of amides is 2. The molecule has 0 atom stereocenters. The van der Waals surface area contributed by atoms with Crippen LogP contribution in [0.5, 0.6) is 5.75 Å². The van der Waals surface area contributed by atoms with E-state index in [1.165, 1.54) is 0 Å². The Kier molecular flexibility index (Phi) is 7.31. The van der Waals surface area contributed by atoms with Gasteiger partial charge in [0.25, 0.3) is 5.91 Å². The SMILES string of the molecule is COc1ccc(-c2nn(Cc3ccccc3)cc2C(=O)N2CCC(C(=O)Nc3ccccc3)CC2)cc1. The van der Waals surface area contributed by atoms with Crippen molar-refractivity contribution in [1.29, 1.82) is 0 Å². The smallest absolute Gasteiger partial charge is 0.257 e. The number of ether oxygens (including phenoxy) is 1. The van der Waals surface area contributed by atoms with Gasteiger partial charge in [0, 0.05) is 36.5 Å². The standard InChI is InChI=1S/C30H30N4O3/c1-37-26-14-12-23(13-15-26)28-27(21-34(32-28)20-22-8-4-2-5-9-22)30(36)33-18-16-24(17-19-33)29(35)31-25-10-6-3-7-11-25/h2-15,21,24H,16-20H2,1H3,(H,31,35). The van der Waals surface area contributed by atoms with E-state index in [1.54, 1.807) is 7.11 Å². The molecule has 188 valence electrons. The number of anilines is 1. The van der Waals surface area contributed by atoms with Crippen molar-refractivity contribution < 1.29 is 14.3 Å². The van der Waals surface area contributed by atoms with Crippen molar-refractivity contribution in [1.82, 2.24) is 14.7 Å². The zero-order valence-corrected chi connectivity index (χ0v) is 20.8. The molecule has 1 saturated heterocycles. The highest BCUT2D eigenvalue weighted by Crippen LogP contribution is 2.28. The van der Waals surface area contributed by atoms with Gasteiger partial charge in [0.05, 0.1) is 19.2 Å². The van der Waals surface area contributed by atoms with Crippen LogP contribution in [-0.2, 0) is 11.3 Å². The number of rotatable bonds is 7. The van der Waals surface area contributed by atoms with Crippen molar-refractivity contribution in [2.75, 3.05) is 25.5 Å². The molecule has 0 saturated carbocycles. The summed E-state index contributed by atoms with van der Waals surface area (Å²) in [5, 5.41) is 7.79. The summed E-state index contributed by atoms with van der Waals surface area (Å²) in [6.45, 7) is 1.62. The lowest BCUT2D eigenvalue weighted by Crippen LogP contribution is -2.41. The van der Waals surface area contributed by atoms with Crippen LogP contribution in [0, 0.1) is 5.92 Å². The number of methoxy groups -OCH3 is 1. The Balaban J connectivity index is 1.33. The number of nitrogens with zero attached hydrogens (tertiary/aromatic N) is 3. The van der Waals surface area contributed by atoms with E-state index in [-0.39, 0.29) is 17.7 Å². The molecule has 37 heavy (non-hydrogen) atoms. The van der Waals surface area contributed by atoms with E-state index in [0.29, 0.717) is 43.7 Å². The van der Waals surface area contributed by atoms with E-state index in [1.807, 2.05) is 101 Å². The minimum atomic E-state index is -0.119. The quantitative estimate of drug-likeness (QED) is 0.388. The molecule has 1 aliphatic heterocycles. The Hall–Kier alpha value is -4.39. The lowest BCUT2D eigenvalue weighted by atomic mass is 9.95. The van der Waals surface area contributed by atoms with Crippen LogP contribution in [0.15, 0.2) is 91.1 Å². The van der Waals surface area contributed by atoms with Gasteiger partial charge < -0.3 is 15.0 Å². The highest BCUT2D eigenvalue weighted by atomic mass is 16.5. The van der Waals surface area contributed by atoms with Crippen LogP contribution in [0.2, 0.25) is 0 Å². The first-order chi connectivity index (χ1) is 18.1. The summed E-state index contributed by atoms with van der Waals surface area (Å²) in [5.41, 5.74) is 3.96. The summed E-state index contributed by atoms with van der Waals surface area (Å²) in [4.78, 5) is 28.3. The average Bonchev–Trinajstić information content (AvgIpc) is 3.37. The molecule has 4 aromatic rings. The van der Waals surface area contributed by atoms with Crippen LogP contribution in [0.25, 0.3) is 11.3 Å². The fourth-order valence-corrected chi connectivity index (χ4v) is 4.67. The van der Waals surface area contributed by atoms with E-state index in [0.717, 1.165) is 22.6 Å². The molecule has 7 heteroatoms. The number of benzene rings is 3. The number of aromatic nitrogens is 2. The predicted molar refractivity (Wildman–Crippen MR) is 143 cm³/mol. The molecule has 2 amide bonds. The van der Waals surface area contributed by atoms with Crippen molar-refractivity contribution >= 4 is 17.5 Å². The summed E-state index contributed by atoms with van der Waals surface area (Å²) >= 11 is 0. The van der Waals surface area contributed by atoms with E-state index < -0.39 is 0 Å². The van der Waals surface area contributed by atoms with Crippen LogP contribution in [-0.4, -0.2) is 46.7 Å². The second kappa shape index (κ2) is 11.1. The highest BCUT2D eigenvalue weighted by molar-refractivity contribution is 6.00. The third-order valence-corrected chi connectivity index (χ3v) is 6.74. The maximum atomic E-state index is 13.7. The van der Waals surface area contributed by atoms with Gasteiger partial charge in [0.15, 0.2) is 0 Å². The van der Waals surface area contributed by atoms with Crippen molar-refractivity contribution in [3.8, 4) is 17.0 Å². The van der Waals surface area contributed by atoms with Crippen LogP contribution in [0.3, 0.4) is 0 Å². The largest absolute Gasteiger partial charge is 0.497 e.